The number of carbonyl (C=O) groups excluding carboxylic acids is 2. The van der Waals surface area contributed by atoms with Gasteiger partial charge in [-0.05, 0) is 41.7 Å². The summed E-state index contributed by atoms with van der Waals surface area (Å²) in [7, 11) is 0. The van der Waals surface area contributed by atoms with E-state index in [2.05, 4.69) is 42.4 Å². The molecule has 2 aromatic heterocycles. The first-order chi connectivity index (χ1) is 18.1. The molecule has 1 aliphatic carbocycles. The van der Waals surface area contributed by atoms with Crippen LogP contribution in [0.5, 0.6) is 0 Å². The molecular formula is C26H21N9O2. The molecule has 4 N–H and O–H groups in total. The van der Waals surface area contributed by atoms with Gasteiger partial charge in [0.25, 0.3) is 5.91 Å². The van der Waals surface area contributed by atoms with Crippen LogP contribution in [0.2, 0.25) is 0 Å². The molecule has 11 nitrogen and oxygen atoms in total. The van der Waals surface area contributed by atoms with E-state index in [4.69, 9.17) is 0 Å². The molecule has 6 rings (SSSR count). The van der Waals surface area contributed by atoms with Gasteiger partial charge in [-0.15, -0.1) is 0 Å². The molecule has 2 fully saturated rings. The van der Waals surface area contributed by atoms with Gasteiger partial charge in [-0.1, -0.05) is 42.5 Å². The number of rotatable bonds is 7. The highest BCUT2D eigenvalue weighted by Crippen LogP contribution is 2.28. The van der Waals surface area contributed by atoms with Crippen LogP contribution < -0.4 is 21.3 Å². The Balaban J connectivity index is 1.35. The van der Waals surface area contributed by atoms with Gasteiger partial charge in [-0.2, -0.15) is 24.8 Å². The topological polar surface area (TPSA) is 149 Å². The highest BCUT2D eigenvalue weighted by atomic mass is 16.2. The van der Waals surface area contributed by atoms with E-state index in [0.717, 1.165) is 29.5 Å². The van der Waals surface area contributed by atoms with Gasteiger partial charge in [0.05, 0.1) is 17.8 Å². The van der Waals surface area contributed by atoms with Gasteiger partial charge in [-0.3, -0.25) is 10.1 Å². The first kappa shape index (κ1) is 22.2. The molecular weight excluding hydrogens is 470 g/mol. The lowest BCUT2D eigenvalue weighted by Gasteiger charge is -2.13. The molecule has 2 aromatic carbocycles. The third-order valence-corrected chi connectivity index (χ3v) is 6.12. The van der Waals surface area contributed by atoms with Crippen molar-refractivity contribution in [2.75, 3.05) is 10.6 Å². The average molecular weight is 492 g/mol. The van der Waals surface area contributed by atoms with Crippen molar-refractivity contribution in [1.29, 1.82) is 5.26 Å². The van der Waals surface area contributed by atoms with Crippen molar-refractivity contribution in [3.63, 3.8) is 0 Å². The molecule has 0 bridgehead atoms. The Kier molecular flexibility index (Phi) is 5.46. The number of carbonyl (C=O) groups is 2. The number of nitriles is 1. The molecule has 3 amide bonds. The predicted molar refractivity (Wildman–Crippen MR) is 136 cm³/mol. The summed E-state index contributed by atoms with van der Waals surface area (Å²) in [6, 6.07) is 17.4. The van der Waals surface area contributed by atoms with Crippen LogP contribution in [0.3, 0.4) is 0 Å². The fraction of sp³-hybridized carbons (Fsp3) is 0.154. The summed E-state index contributed by atoms with van der Waals surface area (Å²) in [5, 5.41) is 25.3. The number of hydrogen-bond donors (Lipinski definition) is 4. The van der Waals surface area contributed by atoms with Crippen molar-refractivity contribution < 1.29 is 9.59 Å². The van der Waals surface area contributed by atoms with Gasteiger partial charge in [0.1, 0.15) is 5.70 Å². The fourth-order valence-electron chi connectivity index (χ4n) is 4.14. The number of benzene rings is 2. The minimum atomic E-state index is -0.572. The number of nitrogens with zero attached hydrogens (tertiary/aromatic N) is 5. The molecule has 4 aromatic rings. The zero-order chi connectivity index (χ0) is 25.4. The normalized spacial score (nSPS) is 15.9. The summed E-state index contributed by atoms with van der Waals surface area (Å²) in [5.74, 6) is 0.393. The zero-order valence-electron chi connectivity index (χ0n) is 19.5. The first-order valence-electron chi connectivity index (χ1n) is 11.8. The van der Waals surface area contributed by atoms with Crippen LogP contribution in [-0.4, -0.2) is 37.6 Å². The van der Waals surface area contributed by atoms with E-state index in [1.54, 1.807) is 16.8 Å². The van der Waals surface area contributed by atoms with Crippen LogP contribution in [0.4, 0.5) is 16.7 Å². The maximum atomic E-state index is 12.0. The van der Waals surface area contributed by atoms with Crippen LogP contribution in [0.25, 0.3) is 22.9 Å². The average Bonchev–Trinajstić information content (AvgIpc) is 3.55. The molecule has 1 aliphatic heterocycles. The molecule has 182 valence electrons. The van der Waals surface area contributed by atoms with Crippen molar-refractivity contribution in [1.82, 2.24) is 30.2 Å². The van der Waals surface area contributed by atoms with E-state index in [1.165, 1.54) is 6.08 Å². The van der Waals surface area contributed by atoms with Crippen LogP contribution >= 0.6 is 0 Å². The Morgan fingerprint density at radius 3 is 2.59 bits per heavy atom. The standard InChI is InChI=1S/C26H21N9O2/c27-12-15-5-1-3-7-19(15)20-8-4-2-6-16(20)13-28-24-32-22-17(11-21-23(36)33-26(37)31-21)14-29-35(22)25(34-24)30-18-9-10-18/h1-8,11,14,18H,9-10,13H2,(H2,28,30,32,34)(H2,31,33,36,37)/b21-11-. The molecule has 1 saturated carbocycles. The highest BCUT2D eigenvalue weighted by Gasteiger charge is 2.26. The number of hydrogen-bond acceptors (Lipinski definition) is 8. The van der Waals surface area contributed by atoms with E-state index < -0.39 is 11.9 Å². The van der Waals surface area contributed by atoms with Gasteiger partial charge in [0.15, 0.2) is 5.65 Å². The highest BCUT2D eigenvalue weighted by molar-refractivity contribution is 6.14. The quantitative estimate of drug-likeness (QED) is 0.228. The largest absolute Gasteiger partial charge is 0.351 e. The zero-order valence-corrected chi connectivity index (χ0v) is 19.5. The second-order valence-electron chi connectivity index (χ2n) is 8.76. The lowest BCUT2D eigenvalue weighted by molar-refractivity contribution is -0.115. The number of anilines is 2. The lowest BCUT2D eigenvalue weighted by Crippen LogP contribution is -2.22. The number of aromatic nitrogens is 4. The van der Waals surface area contributed by atoms with Gasteiger partial charge in [0.2, 0.25) is 11.9 Å². The van der Waals surface area contributed by atoms with E-state index in [1.807, 2.05) is 42.5 Å². The Hall–Kier alpha value is -5.24. The van der Waals surface area contributed by atoms with Crippen molar-refractivity contribution >= 4 is 35.6 Å². The third-order valence-electron chi connectivity index (χ3n) is 6.12. The summed E-state index contributed by atoms with van der Waals surface area (Å²) in [4.78, 5) is 32.8. The van der Waals surface area contributed by atoms with Crippen molar-refractivity contribution in [3.8, 4) is 17.2 Å². The number of fused-ring (bicyclic) bond motifs is 1. The predicted octanol–water partition coefficient (Wildman–Crippen LogP) is 3.03. The van der Waals surface area contributed by atoms with Gasteiger partial charge in [0, 0.05) is 18.2 Å². The Morgan fingerprint density at radius 2 is 1.84 bits per heavy atom. The smallest absolute Gasteiger partial charge is 0.326 e. The molecule has 2 aliphatic rings. The summed E-state index contributed by atoms with van der Waals surface area (Å²) in [6.45, 7) is 0.415. The molecule has 11 heteroatoms. The SMILES string of the molecule is N#Cc1ccccc1-c1ccccc1CNc1nc(NC2CC2)n2ncc(/C=C3\NC(=O)NC3=O)c2n1. The van der Waals surface area contributed by atoms with Crippen molar-refractivity contribution in [2.45, 2.75) is 25.4 Å². The first-order valence-corrected chi connectivity index (χ1v) is 11.8. The van der Waals surface area contributed by atoms with Crippen LogP contribution in [-0.2, 0) is 11.3 Å². The molecule has 0 radical (unpaired) electrons. The van der Waals surface area contributed by atoms with Gasteiger partial charge >= 0.3 is 6.03 Å². The summed E-state index contributed by atoms with van der Waals surface area (Å²) in [5.41, 5.74) is 4.54. The molecule has 0 atom stereocenters. The van der Waals surface area contributed by atoms with Gasteiger partial charge in [-0.25, -0.2) is 4.79 Å². The third kappa shape index (κ3) is 4.43. The molecule has 0 spiro atoms. The maximum Gasteiger partial charge on any atom is 0.326 e. The van der Waals surface area contributed by atoms with E-state index in [9.17, 15) is 14.9 Å². The van der Waals surface area contributed by atoms with Crippen molar-refractivity contribution in [3.05, 3.63) is 77.1 Å². The Labute approximate surface area is 211 Å². The summed E-state index contributed by atoms with van der Waals surface area (Å²) >= 11 is 0. The fourth-order valence-corrected chi connectivity index (χ4v) is 4.14. The van der Waals surface area contributed by atoms with E-state index in [0.29, 0.717) is 41.3 Å². The van der Waals surface area contributed by atoms with E-state index in [-0.39, 0.29) is 5.70 Å². The second kappa shape index (κ2) is 9.09. The summed E-state index contributed by atoms with van der Waals surface area (Å²) < 4.78 is 1.59. The minimum Gasteiger partial charge on any atom is -0.351 e. The molecule has 0 unspecified atom stereocenters. The molecule has 37 heavy (non-hydrogen) atoms. The van der Waals surface area contributed by atoms with Crippen LogP contribution in [0, 0.1) is 11.3 Å². The Morgan fingerprint density at radius 1 is 1.05 bits per heavy atom. The summed E-state index contributed by atoms with van der Waals surface area (Å²) in [6.07, 6.45) is 5.20. The molecule has 1 saturated heterocycles. The Bertz CT molecular complexity index is 1630. The maximum absolute atomic E-state index is 12.0. The van der Waals surface area contributed by atoms with Crippen molar-refractivity contribution in [2.24, 2.45) is 0 Å². The number of amides is 3. The monoisotopic (exact) mass is 491 g/mol. The van der Waals surface area contributed by atoms with E-state index >= 15 is 0 Å². The van der Waals surface area contributed by atoms with Crippen LogP contribution in [0.15, 0.2) is 60.4 Å². The number of nitrogens with one attached hydrogen (secondary N) is 4. The minimum absolute atomic E-state index is 0.120. The lowest BCUT2D eigenvalue weighted by atomic mass is 9.96. The number of imide groups is 1. The number of urea groups is 1. The van der Waals surface area contributed by atoms with Crippen LogP contribution in [0.1, 0.15) is 29.5 Å². The van der Waals surface area contributed by atoms with Gasteiger partial charge < -0.3 is 16.0 Å². The molecule has 3 heterocycles. The second-order valence-corrected chi connectivity index (χ2v) is 8.76.